The number of hydrogen-bond acceptors (Lipinski definition) is 4. The van der Waals surface area contributed by atoms with Gasteiger partial charge in [0.1, 0.15) is 12.4 Å². The molecule has 0 radical (unpaired) electrons. The Kier molecular flexibility index (Phi) is 3.66. The van der Waals surface area contributed by atoms with Crippen LogP contribution in [-0.2, 0) is 6.61 Å². The molecule has 90 valence electrons. The van der Waals surface area contributed by atoms with Crippen LogP contribution < -0.4 is 4.74 Å². The molecule has 0 aliphatic rings. The van der Waals surface area contributed by atoms with E-state index >= 15 is 0 Å². The van der Waals surface area contributed by atoms with Gasteiger partial charge in [-0.25, -0.2) is 0 Å². The van der Waals surface area contributed by atoms with Crippen LogP contribution in [0.15, 0.2) is 35.0 Å². The summed E-state index contributed by atoms with van der Waals surface area (Å²) >= 11 is 6.03. The Bertz CT molecular complexity index is 483. The smallest absolute Gasteiger partial charge is 0.174 e. The third kappa shape index (κ3) is 2.99. The van der Waals surface area contributed by atoms with E-state index in [1.807, 2.05) is 0 Å². The van der Waals surface area contributed by atoms with Crippen LogP contribution >= 0.6 is 11.6 Å². The Balaban J connectivity index is 2.06. The van der Waals surface area contributed by atoms with E-state index in [2.05, 4.69) is 5.16 Å². The van der Waals surface area contributed by atoms with Gasteiger partial charge in [0.15, 0.2) is 5.76 Å². The highest BCUT2D eigenvalue weighted by Gasteiger charge is 2.07. The Morgan fingerprint density at radius 1 is 1.47 bits per heavy atom. The molecule has 17 heavy (non-hydrogen) atoms. The topological polar surface area (TPSA) is 55.5 Å². The van der Waals surface area contributed by atoms with Gasteiger partial charge in [-0.1, -0.05) is 22.8 Å². The fourth-order valence-corrected chi connectivity index (χ4v) is 1.60. The molecule has 0 aliphatic heterocycles. The number of benzene rings is 1. The number of aliphatic hydroxyl groups excluding tert-OH is 1. The van der Waals surface area contributed by atoms with Gasteiger partial charge in [-0.3, -0.25) is 0 Å². The largest absolute Gasteiger partial charge is 0.484 e. The van der Waals surface area contributed by atoms with Crippen molar-refractivity contribution in [2.45, 2.75) is 19.6 Å². The summed E-state index contributed by atoms with van der Waals surface area (Å²) in [5, 5.41) is 13.4. The van der Waals surface area contributed by atoms with E-state index in [9.17, 15) is 5.11 Å². The van der Waals surface area contributed by atoms with Gasteiger partial charge in [0.25, 0.3) is 0 Å². The van der Waals surface area contributed by atoms with Crippen molar-refractivity contribution in [2.75, 3.05) is 0 Å². The highest BCUT2D eigenvalue weighted by atomic mass is 35.5. The second-order valence-electron chi connectivity index (χ2n) is 3.63. The van der Waals surface area contributed by atoms with Crippen molar-refractivity contribution in [3.8, 4) is 5.75 Å². The van der Waals surface area contributed by atoms with Gasteiger partial charge in [-0.05, 0) is 24.6 Å². The van der Waals surface area contributed by atoms with E-state index in [0.29, 0.717) is 16.5 Å². The monoisotopic (exact) mass is 253 g/mol. The molecule has 0 saturated carbocycles. The van der Waals surface area contributed by atoms with Gasteiger partial charge < -0.3 is 14.4 Å². The van der Waals surface area contributed by atoms with Crippen molar-refractivity contribution in [3.05, 3.63) is 46.8 Å². The molecular weight excluding hydrogens is 242 g/mol. The van der Waals surface area contributed by atoms with Gasteiger partial charge in [-0.15, -0.1) is 0 Å². The van der Waals surface area contributed by atoms with Crippen molar-refractivity contribution >= 4 is 11.6 Å². The summed E-state index contributed by atoms with van der Waals surface area (Å²) < 4.78 is 10.4. The van der Waals surface area contributed by atoms with Crippen molar-refractivity contribution in [1.82, 2.24) is 5.16 Å². The number of ether oxygens (including phenoxy) is 1. The zero-order valence-corrected chi connectivity index (χ0v) is 10.0. The molecule has 5 heteroatoms. The van der Waals surface area contributed by atoms with Gasteiger partial charge >= 0.3 is 0 Å². The predicted molar refractivity (Wildman–Crippen MR) is 62.9 cm³/mol. The van der Waals surface area contributed by atoms with Crippen molar-refractivity contribution in [1.29, 1.82) is 0 Å². The first-order valence-electron chi connectivity index (χ1n) is 5.16. The molecule has 2 rings (SSSR count). The highest BCUT2D eigenvalue weighted by Crippen LogP contribution is 2.28. The summed E-state index contributed by atoms with van der Waals surface area (Å²) in [6.45, 7) is 1.95. The zero-order chi connectivity index (χ0) is 12.3. The maximum atomic E-state index is 9.40. The first kappa shape index (κ1) is 12.0. The van der Waals surface area contributed by atoms with Crippen LogP contribution in [0.25, 0.3) is 0 Å². The van der Waals surface area contributed by atoms with E-state index in [-0.39, 0.29) is 6.61 Å². The minimum absolute atomic E-state index is 0.272. The maximum absolute atomic E-state index is 9.40. The highest BCUT2D eigenvalue weighted by molar-refractivity contribution is 6.32. The molecule has 0 bridgehead atoms. The molecule has 0 aliphatic carbocycles. The lowest BCUT2D eigenvalue weighted by atomic mass is 10.1. The number of aliphatic hydroxyl groups is 1. The van der Waals surface area contributed by atoms with Crippen molar-refractivity contribution in [3.63, 3.8) is 0 Å². The number of nitrogens with zero attached hydrogens (tertiary/aromatic N) is 1. The van der Waals surface area contributed by atoms with Crippen LogP contribution in [0.4, 0.5) is 0 Å². The van der Waals surface area contributed by atoms with E-state index in [0.717, 1.165) is 5.56 Å². The number of halogens is 1. The SMILES string of the molecule is C[C@H](O)c1ccc(OCc2ccno2)c(Cl)c1. The van der Waals surface area contributed by atoms with Crippen LogP contribution in [0.5, 0.6) is 5.75 Å². The Labute approximate surface area is 104 Å². The predicted octanol–water partition coefficient (Wildman–Crippen LogP) is 2.96. The third-order valence-corrected chi connectivity index (χ3v) is 2.59. The summed E-state index contributed by atoms with van der Waals surface area (Å²) in [4.78, 5) is 0. The molecule has 0 fully saturated rings. The third-order valence-electron chi connectivity index (χ3n) is 2.30. The Morgan fingerprint density at radius 3 is 2.88 bits per heavy atom. The Hall–Kier alpha value is -1.52. The van der Waals surface area contributed by atoms with E-state index in [4.69, 9.17) is 20.9 Å². The molecule has 0 unspecified atom stereocenters. The molecule has 1 atom stereocenters. The van der Waals surface area contributed by atoms with Gasteiger partial charge in [0, 0.05) is 6.07 Å². The normalized spacial score (nSPS) is 12.4. The first-order chi connectivity index (χ1) is 8.16. The van der Waals surface area contributed by atoms with Crippen LogP contribution in [0.1, 0.15) is 24.4 Å². The van der Waals surface area contributed by atoms with Gasteiger partial charge in [0.2, 0.25) is 0 Å². The van der Waals surface area contributed by atoms with Crippen LogP contribution in [0.3, 0.4) is 0 Å². The summed E-state index contributed by atoms with van der Waals surface area (Å²) in [7, 11) is 0. The summed E-state index contributed by atoms with van der Waals surface area (Å²) in [6.07, 6.45) is 1.01. The van der Waals surface area contributed by atoms with Crippen molar-refractivity contribution in [2.24, 2.45) is 0 Å². The lowest BCUT2D eigenvalue weighted by Gasteiger charge is -2.09. The average molecular weight is 254 g/mol. The van der Waals surface area contributed by atoms with Gasteiger partial charge in [0.05, 0.1) is 17.3 Å². The van der Waals surface area contributed by atoms with Crippen LogP contribution in [0, 0.1) is 0 Å². The van der Waals surface area contributed by atoms with E-state index in [1.54, 1.807) is 37.4 Å². The minimum atomic E-state index is -0.546. The molecule has 4 nitrogen and oxygen atoms in total. The molecular formula is C12H12ClNO3. The zero-order valence-electron chi connectivity index (χ0n) is 9.26. The molecule has 0 spiro atoms. The standard InChI is InChI=1S/C12H12ClNO3/c1-8(15)9-2-3-12(11(13)6-9)16-7-10-4-5-14-17-10/h2-6,8,15H,7H2,1H3/t8-/m0/s1. The summed E-state index contributed by atoms with van der Waals surface area (Å²) in [6, 6.07) is 6.90. The quantitative estimate of drug-likeness (QED) is 0.910. The Morgan fingerprint density at radius 2 is 2.29 bits per heavy atom. The molecule has 1 aromatic carbocycles. The molecule has 0 amide bonds. The fraction of sp³-hybridized carbons (Fsp3) is 0.250. The number of rotatable bonds is 4. The van der Waals surface area contributed by atoms with Crippen molar-refractivity contribution < 1.29 is 14.4 Å². The van der Waals surface area contributed by atoms with Gasteiger partial charge in [-0.2, -0.15) is 0 Å². The fourth-order valence-electron chi connectivity index (χ4n) is 1.36. The number of hydrogen-bond donors (Lipinski definition) is 1. The summed E-state index contributed by atoms with van der Waals surface area (Å²) in [5.74, 6) is 1.17. The molecule has 1 N–H and O–H groups in total. The minimum Gasteiger partial charge on any atom is -0.484 e. The summed E-state index contributed by atoms with van der Waals surface area (Å²) in [5.41, 5.74) is 0.752. The maximum Gasteiger partial charge on any atom is 0.174 e. The first-order valence-corrected chi connectivity index (χ1v) is 5.54. The lowest BCUT2D eigenvalue weighted by Crippen LogP contribution is -1.96. The molecule has 2 aromatic rings. The second kappa shape index (κ2) is 5.21. The molecule has 1 heterocycles. The average Bonchev–Trinajstić information content (AvgIpc) is 2.80. The molecule has 0 saturated heterocycles. The lowest BCUT2D eigenvalue weighted by molar-refractivity contribution is 0.199. The second-order valence-corrected chi connectivity index (χ2v) is 4.04. The number of aromatic nitrogens is 1. The van der Waals surface area contributed by atoms with E-state index < -0.39 is 6.10 Å². The van der Waals surface area contributed by atoms with Crippen LogP contribution in [-0.4, -0.2) is 10.3 Å². The van der Waals surface area contributed by atoms with Crippen LogP contribution in [0.2, 0.25) is 5.02 Å². The molecule has 1 aromatic heterocycles. The van der Waals surface area contributed by atoms with E-state index in [1.165, 1.54) is 0 Å².